The van der Waals surface area contributed by atoms with E-state index >= 15 is 0 Å². The number of amides is 1. The van der Waals surface area contributed by atoms with Crippen molar-refractivity contribution >= 4 is 35.2 Å². The molecule has 0 aromatic rings. The Morgan fingerprint density at radius 2 is 2.50 bits per heavy atom. The van der Waals surface area contributed by atoms with E-state index in [0.717, 1.165) is 6.42 Å². The van der Waals surface area contributed by atoms with Crippen molar-refractivity contribution < 1.29 is 4.79 Å². The fourth-order valence-corrected chi connectivity index (χ4v) is 1.55. The lowest BCUT2D eigenvalue weighted by Gasteiger charge is -2.14. The number of halogens is 1. The molecule has 1 atom stereocenters. The second-order valence-corrected chi connectivity index (χ2v) is 3.96. The maximum Gasteiger partial charge on any atom is 0.252 e. The van der Waals surface area contributed by atoms with E-state index in [0.29, 0.717) is 0 Å². The van der Waals surface area contributed by atoms with Crippen LogP contribution in [-0.4, -0.2) is 12.6 Å². The quantitative estimate of drug-likeness (QED) is 0.534. The summed E-state index contributed by atoms with van der Waals surface area (Å²) >= 11 is 2.26. The molecule has 1 rings (SSSR count). The Balaban J connectivity index is 2.75. The van der Waals surface area contributed by atoms with Gasteiger partial charge in [-0.3, -0.25) is 4.79 Å². The summed E-state index contributed by atoms with van der Waals surface area (Å²) in [7, 11) is 0. The molecule has 0 aromatic heterocycles. The summed E-state index contributed by atoms with van der Waals surface area (Å²) in [5, 5.41) is 0. The molecule has 0 aliphatic heterocycles. The zero-order chi connectivity index (χ0) is 9.14. The van der Waals surface area contributed by atoms with E-state index in [9.17, 15) is 4.79 Å². The van der Waals surface area contributed by atoms with Gasteiger partial charge in [-0.15, -0.1) is 0 Å². The Morgan fingerprint density at radius 3 is 3.00 bits per heavy atom. The number of allylic oxidation sites excluding steroid dienone is 3. The van der Waals surface area contributed by atoms with E-state index in [1.807, 2.05) is 19.1 Å². The van der Waals surface area contributed by atoms with Gasteiger partial charge >= 0.3 is 0 Å². The van der Waals surface area contributed by atoms with Crippen molar-refractivity contribution in [2.75, 3.05) is 0 Å². The summed E-state index contributed by atoms with van der Waals surface area (Å²) in [5.41, 5.74) is 1.25. The first kappa shape index (κ1) is 9.64. The highest BCUT2D eigenvalue weighted by Crippen LogP contribution is 2.27. The molecular weight excluding hydrogens is 265 g/mol. The average molecular weight is 275 g/mol. The molecule has 0 fully saturated rings. The third-order valence-corrected chi connectivity index (χ3v) is 3.16. The Labute approximate surface area is 85.6 Å². The molecule has 0 N–H and O–H groups in total. The van der Waals surface area contributed by atoms with Gasteiger partial charge in [0.25, 0.3) is 5.91 Å². The van der Waals surface area contributed by atoms with Crippen molar-refractivity contribution in [3.63, 3.8) is 0 Å². The van der Waals surface area contributed by atoms with Gasteiger partial charge in [0.1, 0.15) is 0 Å². The van der Waals surface area contributed by atoms with Crippen LogP contribution in [0.3, 0.4) is 0 Å². The number of carbonyl (C=O) groups excluding carboxylic acids is 1. The fraction of sp³-hybridized carbons (Fsp3) is 0.333. The Hall–Kier alpha value is -0.450. The lowest BCUT2D eigenvalue weighted by Crippen LogP contribution is -2.12. The summed E-state index contributed by atoms with van der Waals surface area (Å²) in [6.45, 7) is 5.26. The van der Waals surface area contributed by atoms with Gasteiger partial charge < -0.3 is 0 Å². The molecule has 0 bridgehead atoms. The van der Waals surface area contributed by atoms with Crippen LogP contribution in [0.1, 0.15) is 13.3 Å². The van der Waals surface area contributed by atoms with Crippen molar-refractivity contribution in [3.8, 4) is 0 Å². The van der Waals surface area contributed by atoms with Crippen molar-refractivity contribution in [2.45, 2.75) is 13.3 Å². The topological polar surface area (TPSA) is 29.4 Å². The summed E-state index contributed by atoms with van der Waals surface area (Å²) < 4.78 is 1.22. The molecule has 0 saturated carbocycles. The maximum atomic E-state index is 11.1. The smallest absolute Gasteiger partial charge is 0.252 e. The van der Waals surface area contributed by atoms with Crippen molar-refractivity contribution in [3.05, 3.63) is 21.3 Å². The number of hydrogen-bond donors (Lipinski definition) is 0. The summed E-state index contributed by atoms with van der Waals surface area (Å²) in [4.78, 5) is 14.5. The standard InChI is InChI=1S/C9H10INO/c1-6-5-7(9(12)11-2)3-4-8(6)10/h3-4,7H,2,5H2,1H3/t7-/m0/s1. The maximum absolute atomic E-state index is 11.1. The second kappa shape index (κ2) is 3.98. The summed E-state index contributed by atoms with van der Waals surface area (Å²) in [5.74, 6) is -0.212. The van der Waals surface area contributed by atoms with Crippen molar-refractivity contribution in [2.24, 2.45) is 10.9 Å². The number of aliphatic imine (C=N–C) groups is 1. The average Bonchev–Trinajstić information content (AvgIpc) is 2.08. The highest BCUT2D eigenvalue weighted by atomic mass is 127. The van der Waals surface area contributed by atoms with Gasteiger partial charge in [-0.2, -0.15) is 0 Å². The normalized spacial score (nSPS) is 22.7. The van der Waals surface area contributed by atoms with Crippen LogP contribution in [0.5, 0.6) is 0 Å². The fourth-order valence-electron chi connectivity index (χ4n) is 1.13. The van der Waals surface area contributed by atoms with Crippen LogP contribution in [0.2, 0.25) is 0 Å². The zero-order valence-corrected chi connectivity index (χ0v) is 9.04. The first-order valence-corrected chi connectivity index (χ1v) is 4.77. The molecule has 12 heavy (non-hydrogen) atoms. The Kier molecular flexibility index (Phi) is 3.20. The molecular formula is C9H10INO. The predicted molar refractivity (Wildman–Crippen MR) is 58.5 cm³/mol. The van der Waals surface area contributed by atoms with Crippen LogP contribution in [0.25, 0.3) is 0 Å². The number of nitrogens with zero attached hydrogens (tertiary/aromatic N) is 1. The van der Waals surface area contributed by atoms with E-state index in [2.05, 4.69) is 34.3 Å². The molecule has 0 unspecified atom stereocenters. The van der Waals surface area contributed by atoms with E-state index in [-0.39, 0.29) is 11.8 Å². The monoisotopic (exact) mass is 275 g/mol. The van der Waals surface area contributed by atoms with Crippen LogP contribution in [0.15, 0.2) is 26.3 Å². The van der Waals surface area contributed by atoms with Gasteiger partial charge in [-0.25, -0.2) is 4.99 Å². The zero-order valence-electron chi connectivity index (χ0n) is 6.88. The first-order chi connectivity index (χ1) is 5.65. The van der Waals surface area contributed by atoms with Gasteiger partial charge in [0.05, 0.1) is 5.92 Å². The first-order valence-electron chi connectivity index (χ1n) is 3.69. The molecule has 0 aromatic carbocycles. The second-order valence-electron chi connectivity index (χ2n) is 2.79. The van der Waals surface area contributed by atoms with Crippen LogP contribution in [0, 0.1) is 5.92 Å². The van der Waals surface area contributed by atoms with Crippen molar-refractivity contribution in [1.82, 2.24) is 0 Å². The molecule has 1 amide bonds. The van der Waals surface area contributed by atoms with E-state index < -0.39 is 0 Å². The molecule has 0 saturated heterocycles. The largest absolute Gasteiger partial charge is 0.272 e. The minimum atomic E-state index is -0.130. The minimum Gasteiger partial charge on any atom is -0.272 e. The molecule has 1 aliphatic carbocycles. The summed E-state index contributed by atoms with van der Waals surface area (Å²) in [6.07, 6.45) is 4.64. The number of carbonyl (C=O) groups is 1. The Morgan fingerprint density at radius 1 is 1.83 bits per heavy atom. The summed E-state index contributed by atoms with van der Waals surface area (Å²) in [6, 6.07) is 0. The van der Waals surface area contributed by atoms with Gasteiger partial charge in [0.2, 0.25) is 0 Å². The molecule has 0 radical (unpaired) electrons. The molecule has 64 valence electrons. The Bertz CT molecular complexity index is 278. The van der Waals surface area contributed by atoms with Crippen LogP contribution < -0.4 is 0 Å². The van der Waals surface area contributed by atoms with Crippen LogP contribution in [-0.2, 0) is 4.79 Å². The van der Waals surface area contributed by atoms with E-state index in [4.69, 9.17) is 0 Å². The van der Waals surface area contributed by atoms with Gasteiger partial charge in [0.15, 0.2) is 0 Å². The highest BCUT2D eigenvalue weighted by Gasteiger charge is 2.18. The van der Waals surface area contributed by atoms with Gasteiger partial charge in [-0.05, 0) is 42.7 Å². The van der Waals surface area contributed by atoms with Crippen LogP contribution in [0.4, 0.5) is 0 Å². The van der Waals surface area contributed by atoms with Crippen molar-refractivity contribution in [1.29, 1.82) is 0 Å². The van der Waals surface area contributed by atoms with Crippen LogP contribution >= 0.6 is 22.6 Å². The SMILES string of the molecule is C=NC(=O)[C@H]1C=CC(I)=C(C)C1. The van der Waals surface area contributed by atoms with E-state index in [1.54, 1.807) is 0 Å². The predicted octanol–water partition coefficient (Wildman–Crippen LogP) is 2.50. The van der Waals surface area contributed by atoms with E-state index in [1.165, 1.54) is 9.15 Å². The molecule has 2 nitrogen and oxygen atoms in total. The number of rotatable bonds is 1. The lowest BCUT2D eigenvalue weighted by atomic mass is 9.95. The third kappa shape index (κ3) is 2.03. The molecule has 1 aliphatic rings. The van der Waals surface area contributed by atoms with Gasteiger partial charge in [0, 0.05) is 3.58 Å². The van der Waals surface area contributed by atoms with Gasteiger partial charge in [-0.1, -0.05) is 17.7 Å². The number of hydrogen-bond acceptors (Lipinski definition) is 1. The minimum absolute atomic E-state index is 0.0824. The molecule has 0 heterocycles. The molecule has 0 spiro atoms. The third-order valence-electron chi connectivity index (χ3n) is 1.88. The lowest BCUT2D eigenvalue weighted by molar-refractivity contribution is -0.120. The highest BCUT2D eigenvalue weighted by molar-refractivity contribution is 14.1. The molecule has 3 heteroatoms.